The minimum absolute atomic E-state index is 0.0221. The summed E-state index contributed by atoms with van der Waals surface area (Å²) in [6, 6.07) is 28.2. The number of nitrogens with zero attached hydrogens (tertiary/aromatic N) is 2. The Bertz CT molecular complexity index is 1720. The Kier molecular flexibility index (Phi) is 11.7. The van der Waals surface area contributed by atoms with E-state index in [2.05, 4.69) is 5.32 Å². The van der Waals surface area contributed by atoms with Crippen LogP contribution >= 0.6 is 23.2 Å². The maximum Gasteiger partial charge on any atom is 0.264 e. The van der Waals surface area contributed by atoms with Crippen molar-refractivity contribution < 1.29 is 18.0 Å². The lowest BCUT2D eigenvalue weighted by molar-refractivity contribution is -0.140. The number of hydrogen-bond donors (Lipinski definition) is 1. The van der Waals surface area contributed by atoms with E-state index in [0.717, 1.165) is 9.87 Å². The summed E-state index contributed by atoms with van der Waals surface area (Å²) in [5, 5.41) is 3.83. The zero-order chi connectivity index (χ0) is 32.6. The zero-order valence-electron chi connectivity index (χ0n) is 25.5. The topological polar surface area (TPSA) is 86.8 Å². The molecule has 0 aliphatic heterocycles. The molecule has 0 unspecified atom stereocenters. The molecule has 0 bridgehead atoms. The highest BCUT2D eigenvalue weighted by atomic mass is 35.5. The first-order chi connectivity index (χ1) is 21.5. The van der Waals surface area contributed by atoms with Gasteiger partial charge >= 0.3 is 0 Å². The quantitative estimate of drug-likeness (QED) is 0.166. The largest absolute Gasteiger partial charge is 0.352 e. The van der Waals surface area contributed by atoms with E-state index in [1.54, 1.807) is 55.5 Å². The maximum atomic E-state index is 14.6. The van der Waals surface area contributed by atoms with Crippen LogP contribution in [0.2, 0.25) is 10.0 Å². The highest BCUT2D eigenvalue weighted by Crippen LogP contribution is 2.30. The molecule has 0 saturated heterocycles. The van der Waals surface area contributed by atoms with E-state index < -0.39 is 28.5 Å². The Morgan fingerprint density at radius 1 is 0.822 bits per heavy atom. The molecule has 4 rings (SSSR count). The standard InChI is InChI=1S/C35H37Cl2N3O4S/c1-4-26(3)38-35(42)33(21-27-12-7-5-8-13-27)39(23-28-14-11-15-29(36)20-28)34(41)24-40(32-22-30(37)19-18-25(32)2)45(43,44)31-16-9-6-10-17-31/h5-20,22,26,33H,4,21,23-24H2,1-3H3,(H,38,42)/t26-,33-/m1/s1. The van der Waals surface area contributed by atoms with Gasteiger partial charge in [0, 0.05) is 29.1 Å². The van der Waals surface area contributed by atoms with Gasteiger partial charge < -0.3 is 10.2 Å². The molecule has 45 heavy (non-hydrogen) atoms. The number of carbonyl (C=O) groups is 2. The van der Waals surface area contributed by atoms with Crippen LogP contribution in [0.15, 0.2) is 108 Å². The molecule has 0 fully saturated rings. The fraction of sp³-hybridized carbons (Fsp3) is 0.257. The van der Waals surface area contributed by atoms with Gasteiger partial charge in [0.2, 0.25) is 11.8 Å². The number of rotatable bonds is 13. The third kappa shape index (κ3) is 8.87. The van der Waals surface area contributed by atoms with Gasteiger partial charge in [-0.25, -0.2) is 8.42 Å². The van der Waals surface area contributed by atoms with Gasteiger partial charge in [0.05, 0.1) is 10.6 Å². The van der Waals surface area contributed by atoms with Crippen molar-refractivity contribution in [1.82, 2.24) is 10.2 Å². The number of amides is 2. The molecule has 1 N–H and O–H groups in total. The van der Waals surface area contributed by atoms with Crippen LogP contribution in [0.25, 0.3) is 0 Å². The van der Waals surface area contributed by atoms with Crippen LogP contribution in [0.5, 0.6) is 0 Å². The second kappa shape index (κ2) is 15.4. The highest BCUT2D eigenvalue weighted by Gasteiger charge is 2.35. The summed E-state index contributed by atoms with van der Waals surface area (Å²) in [6.45, 7) is 5.08. The van der Waals surface area contributed by atoms with Gasteiger partial charge in [0.1, 0.15) is 12.6 Å². The molecule has 0 saturated carbocycles. The average Bonchev–Trinajstić information content (AvgIpc) is 3.03. The SMILES string of the molecule is CC[C@@H](C)NC(=O)[C@@H](Cc1ccccc1)N(Cc1cccc(Cl)c1)C(=O)CN(c1cc(Cl)ccc1C)S(=O)(=O)c1ccccc1. The van der Waals surface area contributed by atoms with Crippen molar-refractivity contribution in [3.8, 4) is 0 Å². The van der Waals surface area contributed by atoms with Gasteiger partial charge in [-0.15, -0.1) is 0 Å². The average molecular weight is 667 g/mol. The summed E-state index contributed by atoms with van der Waals surface area (Å²) in [6.07, 6.45) is 0.917. The van der Waals surface area contributed by atoms with Gasteiger partial charge in [0.15, 0.2) is 0 Å². The lowest BCUT2D eigenvalue weighted by Crippen LogP contribution is -2.54. The molecule has 0 heterocycles. The Hall–Kier alpha value is -3.85. The van der Waals surface area contributed by atoms with Crippen LogP contribution in [-0.4, -0.2) is 43.8 Å². The molecule has 2 atom stereocenters. The molecule has 2 amide bonds. The number of aryl methyl sites for hydroxylation is 1. The molecule has 10 heteroatoms. The molecule has 4 aromatic rings. The van der Waals surface area contributed by atoms with Gasteiger partial charge in [-0.3, -0.25) is 13.9 Å². The Labute approximate surface area is 275 Å². The van der Waals surface area contributed by atoms with Crippen molar-refractivity contribution >= 4 is 50.7 Å². The van der Waals surface area contributed by atoms with Gasteiger partial charge in [0.25, 0.3) is 10.0 Å². The maximum absolute atomic E-state index is 14.6. The van der Waals surface area contributed by atoms with Crippen molar-refractivity contribution in [1.29, 1.82) is 0 Å². The van der Waals surface area contributed by atoms with Gasteiger partial charge in [-0.2, -0.15) is 0 Å². The predicted octanol–water partition coefficient (Wildman–Crippen LogP) is 7.05. The number of hydrogen-bond acceptors (Lipinski definition) is 4. The second-order valence-corrected chi connectivity index (χ2v) is 13.7. The number of sulfonamides is 1. The third-order valence-electron chi connectivity index (χ3n) is 7.56. The molecule has 0 spiro atoms. The van der Waals surface area contributed by atoms with Crippen LogP contribution in [-0.2, 0) is 32.6 Å². The minimum Gasteiger partial charge on any atom is -0.352 e. The second-order valence-electron chi connectivity index (χ2n) is 10.9. The fourth-order valence-corrected chi connectivity index (χ4v) is 6.78. The summed E-state index contributed by atoms with van der Waals surface area (Å²) < 4.78 is 29.4. The van der Waals surface area contributed by atoms with Gasteiger partial charge in [-0.05, 0) is 73.4 Å². The number of benzene rings is 4. The van der Waals surface area contributed by atoms with E-state index in [-0.39, 0.29) is 35.5 Å². The number of halogens is 2. The number of carbonyl (C=O) groups excluding carboxylic acids is 2. The van der Waals surface area contributed by atoms with Crippen molar-refractivity contribution in [2.24, 2.45) is 0 Å². The third-order valence-corrected chi connectivity index (χ3v) is 9.81. The van der Waals surface area contributed by atoms with Crippen LogP contribution in [0.1, 0.15) is 37.0 Å². The normalized spacial score (nSPS) is 12.6. The Balaban J connectivity index is 1.83. The fourth-order valence-electron chi connectivity index (χ4n) is 4.91. The smallest absolute Gasteiger partial charge is 0.264 e. The molecule has 0 aliphatic rings. The number of nitrogens with one attached hydrogen (secondary N) is 1. The summed E-state index contributed by atoms with van der Waals surface area (Å²) in [4.78, 5) is 29.9. The van der Waals surface area contributed by atoms with Crippen LogP contribution in [0, 0.1) is 6.92 Å². The highest BCUT2D eigenvalue weighted by molar-refractivity contribution is 7.92. The number of anilines is 1. The molecule has 0 radical (unpaired) electrons. The van der Waals surface area contributed by atoms with Gasteiger partial charge in [-0.1, -0.05) is 96.9 Å². The first kappa shape index (κ1) is 34.0. The summed E-state index contributed by atoms with van der Waals surface area (Å²) >= 11 is 12.6. The first-order valence-corrected chi connectivity index (χ1v) is 16.9. The summed E-state index contributed by atoms with van der Waals surface area (Å²) in [5.41, 5.74) is 2.43. The van der Waals surface area contributed by atoms with E-state index in [1.165, 1.54) is 23.1 Å². The molecule has 0 aliphatic carbocycles. The molecular formula is C35H37Cl2N3O4S. The Morgan fingerprint density at radius 3 is 2.09 bits per heavy atom. The van der Waals surface area contributed by atoms with Crippen LogP contribution in [0.3, 0.4) is 0 Å². The molecule has 4 aromatic carbocycles. The molecule has 7 nitrogen and oxygen atoms in total. The lowest BCUT2D eigenvalue weighted by atomic mass is 10.0. The van der Waals surface area contributed by atoms with Crippen LogP contribution < -0.4 is 9.62 Å². The van der Waals surface area contributed by atoms with Crippen molar-refractivity contribution in [3.05, 3.63) is 130 Å². The molecule has 0 aromatic heterocycles. The predicted molar refractivity (Wildman–Crippen MR) is 181 cm³/mol. The monoisotopic (exact) mass is 665 g/mol. The van der Waals surface area contributed by atoms with Crippen molar-refractivity contribution in [2.75, 3.05) is 10.8 Å². The van der Waals surface area contributed by atoms with E-state index in [9.17, 15) is 18.0 Å². The van der Waals surface area contributed by atoms with Crippen molar-refractivity contribution in [3.63, 3.8) is 0 Å². The van der Waals surface area contributed by atoms with Crippen LogP contribution in [0.4, 0.5) is 5.69 Å². The summed E-state index contributed by atoms with van der Waals surface area (Å²) in [5.74, 6) is -0.894. The lowest BCUT2D eigenvalue weighted by Gasteiger charge is -2.34. The summed E-state index contributed by atoms with van der Waals surface area (Å²) in [7, 11) is -4.22. The Morgan fingerprint density at radius 2 is 1.44 bits per heavy atom. The minimum atomic E-state index is -4.22. The molecule has 236 valence electrons. The van der Waals surface area contributed by atoms with Crippen molar-refractivity contribution in [2.45, 2.75) is 57.1 Å². The first-order valence-electron chi connectivity index (χ1n) is 14.7. The van der Waals surface area contributed by atoms with E-state index in [1.807, 2.05) is 50.2 Å². The van der Waals surface area contributed by atoms with E-state index >= 15 is 0 Å². The zero-order valence-corrected chi connectivity index (χ0v) is 27.8. The van der Waals surface area contributed by atoms with E-state index in [0.29, 0.717) is 27.6 Å². The van der Waals surface area contributed by atoms with E-state index in [4.69, 9.17) is 23.2 Å². The molecular weight excluding hydrogens is 629 g/mol.